The maximum atomic E-state index is 13.6. The topological polar surface area (TPSA) is 44.8 Å². The summed E-state index contributed by atoms with van der Waals surface area (Å²) in [5.41, 5.74) is 8.61. The zero-order valence-electron chi connectivity index (χ0n) is 27.2. The van der Waals surface area contributed by atoms with Gasteiger partial charge in [0.1, 0.15) is 17.2 Å². The maximum absolute atomic E-state index is 13.6. The molecule has 0 aliphatic heterocycles. The molecule has 4 heteroatoms. The molecule has 226 valence electrons. The van der Waals surface area contributed by atoms with Crippen molar-refractivity contribution in [2.75, 3.05) is 21.3 Å². The molecule has 0 aliphatic carbocycles. The number of rotatable bonds is 16. The summed E-state index contributed by atoms with van der Waals surface area (Å²) in [6, 6.07) is 9.56. The van der Waals surface area contributed by atoms with Gasteiger partial charge in [-0.15, -0.1) is 0 Å². The minimum atomic E-state index is -0.110. The summed E-state index contributed by atoms with van der Waals surface area (Å²) in [4.78, 5) is 13.6. The second-order valence-corrected chi connectivity index (χ2v) is 11.2. The Balaban J connectivity index is 2.53. The molecule has 0 saturated heterocycles. The summed E-state index contributed by atoms with van der Waals surface area (Å²) in [7, 11) is 4.96. The largest absolute Gasteiger partial charge is 0.497 e. The Bertz CT molecular complexity index is 1330. The minimum Gasteiger partial charge on any atom is -0.497 e. The lowest BCUT2D eigenvalue weighted by atomic mass is 9.94. The maximum Gasteiger partial charge on any atom is 0.189 e. The van der Waals surface area contributed by atoms with Gasteiger partial charge in [0.25, 0.3) is 0 Å². The fourth-order valence-corrected chi connectivity index (χ4v) is 4.69. The first-order valence-corrected chi connectivity index (χ1v) is 14.8. The zero-order valence-corrected chi connectivity index (χ0v) is 27.2. The number of carbonyl (C=O) groups excluding carboxylic acids is 1. The van der Waals surface area contributed by atoms with Crippen molar-refractivity contribution in [1.29, 1.82) is 0 Å². The molecule has 0 aromatic heterocycles. The van der Waals surface area contributed by atoms with Crippen LogP contribution in [0.4, 0.5) is 0 Å². The number of ether oxygens (including phenoxy) is 3. The lowest BCUT2D eigenvalue weighted by Gasteiger charge is -2.19. The van der Waals surface area contributed by atoms with Crippen molar-refractivity contribution >= 4 is 11.9 Å². The van der Waals surface area contributed by atoms with E-state index in [0.717, 1.165) is 53.9 Å². The highest BCUT2D eigenvalue weighted by Gasteiger charge is 2.22. The van der Waals surface area contributed by atoms with Crippen LogP contribution in [0.15, 0.2) is 83.0 Å². The van der Waals surface area contributed by atoms with Crippen LogP contribution in [0.3, 0.4) is 0 Å². The monoisotopic (exact) mass is 570 g/mol. The fourth-order valence-electron chi connectivity index (χ4n) is 4.69. The Labute approximate surface area is 254 Å². The molecule has 0 heterocycles. The number of hydrogen-bond acceptors (Lipinski definition) is 4. The number of carbonyl (C=O) groups is 1. The van der Waals surface area contributed by atoms with Crippen LogP contribution in [-0.2, 0) is 12.8 Å². The van der Waals surface area contributed by atoms with E-state index in [1.165, 1.54) is 22.3 Å². The number of benzene rings is 2. The van der Waals surface area contributed by atoms with E-state index in [1.54, 1.807) is 27.4 Å². The third-order valence-electron chi connectivity index (χ3n) is 7.13. The van der Waals surface area contributed by atoms with E-state index < -0.39 is 0 Å². The molecule has 0 saturated carbocycles. The van der Waals surface area contributed by atoms with Gasteiger partial charge in [-0.2, -0.15) is 0 Å². The molecular formula is C38H50O4. The highest BCUT2D eigenvalue weighted by Crippen LogP contribution is 2.38. The number of allylic oxidation sites excluding steroid dienone is 9. The molecule has 0 spiro atoms. The van der Waals surface area contributed by atoms with Gasteiger partial charge in [-0.3, -0.25) is 4.79 Å². The molecule has 42 heavy (non-hydrogen) atoms. The quantitative estimate of drug-likeness (QED) is 0.114. The van der Waals surface area contributed by atoms with Crippen LogP contribution in [0.25, 0.3) is 6.08 Å². The molecule has 2 aromatic carbocycles. The highest BCUT2D eigenvalue weighted by atomic mass is 16.5. The molecule has 4 nitrogen and oxygen atoms in total. The molecule has 0 atom stereocenters. The summed E-state index contributed by atoms with van der Waals surface area (Å²) in [5.74, 6) is 2.01. The summed E-state index contributed by atoms with van der Waals surface area (Å²) < 4.78 is 17.2. The van der Waals surface area contributed by atoms with Crippen LogP contribution < -0.4 is 14.2 Å². The first-order valence-electron chi connectivity index (χ1n) is 14.8. The molecule has 2 aromatic rings. The molecule has 0 radical (unpaired) electrons. The molecule has 0 unspecified atom stereocenters. The van der Waals surface area contributed by atoms with Crippen molar-refractivity contribution in [2.45, 2.75) is 80.1 Å². The average Bonchev–Trinajstić information content (AvgIpc) is 2.96. The van der Waals surface area contributed by atoms with E-state index >= 15 is 0 Å². The Morgan fingerprint density at radius 1 is 0.690 bits per heavy atom. The Morgan fingerprint density at radius 3 is 1.74 bits per heavy atom. The van der Waals surface area contributed by atoms with Gasteiger partial charge in [-0.05, 0) is 115 Å². The van der Waals surface area contributed by atoms with Crippen LogP contribution in [0, 0.1) is 0 Å². The van der Waals surface area contributed by atoms with Gasteiger partial charge in [-0.25, -0.2) is 0 Å². The van der Waals surface area contributed by atoms with Crippen molar-refractivity contribution in [3.05, 3.63) is 105 Å². The standard InChI is InChI=1S/C38H50O4/c1-27(2)12-10-14-29(5)16-21-32-26-35(36(39)25-20-31-18-22-33(40-7)23-19-31)38(42-9)34(37(32)41-8)24-17-30(6)15-11-13-28(3)4/h12-13,16-20,22-23,25-26H,10-11,14-15,21,24H2,1-9H3/b25-20+,29-16-,30-17+. The van der Waals surface area contributed by atoms with E-state index in [-0.39, 0.29) is 5.78 Å². The van der Waals surface area contributed by atoms with Crippen molar-refractivity contribution in [2.24, 2.45) is 0 Å². The van der Waals surface area contributed by atoms with Gasteiger partial charge in [0.15, 0.2) is 5.78 Å². The Kier molecular flexibility index (Phi) is 14.7. The predicted octanol–water partition coefficient (Wildman–Crippen LogP) is 10.1. The van der Waals surface area contributed by atoms with Gasteiger partial charge in [0.2, 0.25) is 0 Å². The Morgan fingerprint density at radius 2 is 1.24 bits per heavy atom. The van der Waals surface area contributed by atoms with Gasteiger partial charge in [0.05, 0.1) is 26.9 Å². The van der Waals surface area contributed by atoms with E-state index in [1.807, 2.05) is 36.4 Å². The summed E-state index contributed by atoms with van der Waals surface area (Å²) in [6.45, 7) is 12.8. The van der Waals surface area contributed by atoms with Gasteiger partial charge in [-0.1, -0.05) is 64.8 Å². The van der Waals surface area contributed by atoms with E-state index in [9.17, 15) is 4.79 Å². The number of ketones is 1. The molecule has 0 N–H and O–H groups in total. The third kappa shape index (κ3) is 11.2. The summed E-state index contributed by atoms with van der Waals surface area (Å²) >= 11 is 0. The zero-order chi connectivity index (χ0) is 31.1. The lowest BCUT2D eigenvalue weighted by molar-refractivity contribution is 0.104. The first kappa shape index (κ1) is 34.4. The van der Waals surface area contributed by atoms with Crippen LogP contribution in [0.5, 0.6) is 17.2 Å². The van der Waals surface area contributed by atoms with Crippen molar-refractivity contribution in [3.63, 3.8) is 0 Å². The SMILES string of the molecule is COc1ccc(/C=C/C(=O)c2cc(C/C=C(/C)CCC=C(C)C)c(OC)c(C/C=C(\C)CCC=C(C)C)c2OC)cc1. The van der Waals surface area contributed by atoms with E-state index in [2.05, 4.69) is 65.8 Å². The Hall–Kier alpha value is -3.79. The normalized spacial score (nSPS) is 11.8. The summed E-state index contributed by atoms with van der Waals surface area (Å²) in [5, 5.41) is 0. The average molecular weight is 571 g/mol. The van der Waals surface area contributed by atoms with Gasteiger partial charge < -0.3 is 14.2 Å². The van der Waals surface area contributed by atoms with Crippen molar-refractivity contribution < 1.29 is 19.0 Å². The number of hydrogen-bond donors (Lipinski definition) is 0. The molecule has 0 fully saturated rings. The molecule has 0 amide bonds. The number of methoxy groups -OCH3 is 3. The van der Waals surface area contributed by atoms with E-state index in [4.69, 9.17) is 14.2 Å². The summed E-state index contributed by atoms with van der Waals surface area (Å²) in [6.07, 6.45) is 17.7. The van der Waals surface area contributed by atoms with Crippen LogP contribution in [-0.4, -0.2) is 27.1 Å². The van der Waals surface area contributed by atoms with Gasteiger partial charge in [0, 0.05) is 5.56 Å². The third-order valence-corrected chi connectivity index (χ3v) is 7.13. The molecule has 0 aliphatic rings. The van der Waals surface area contributed by atoms with Crippen molar-refractivity contribution in [1.82, 2.24) is 0 Å². The molecular weight excluding hydrogens is 520 g/mol. The predicted molar refractivity (Wildman–Crippen MR) is 178 cm³/mol. The first-order chi connectivity index (χ1) is 20.1. The lowest BCUT2D eigenvalue weighted by Crippen LogP contribution is -2.07. The molecule has 2 rings (SSSR count). The second kappa shape index (κ2) is 17.9. The van der Waals surface area contributed by atoms with E-state index in [0.29, 0.717) is 24.2 Å². The van der Waals surface area contributed by atoms with Gasteiger partial charge >= 0.3 is 0 Å². The van der Waals surface area contributed by atoms with Crippen LogP contribution in [0.1, 0.15) is 94.3 Å². The smallest absolute Gasteiger partial charge is 0.189 e. The minimum absolute atomic E-state index is 0.110. The molecule has 0 bridgehead atoms. The fraction of sp³-hybridized carbons (Fsp3) is 0.395. The van der Waals surface area contributed by atoms with Crippen molar-refractivity contribution in [3.8, 4) is 17.2 Å². The van der Waals surface area contributed by atoms with Crippen LogP contribution >= 0.6 is 0 Å². The second-order valence-electron chi connectivity index (χ2n) is 11.2. The highest BCUT2D eigenvalue weighted by molar-refractivity contribution is 6.09. The van der Waals surface area contributed by atoms with Crippen LogP contribution in [0.2, 0.25) is 0 Å².